The van der Waals surface area contributed by atoms with Crippen molar-refractivity contribution in [1.29, 1.82) is 0 Å². The molecule has 0 radical (unpaired) electrons. The quantitative estimate of drug-likeness (QED) is 0.603. The molecule has 1 saturated heterocycles. The van der Waals surface area contributed by atoms with Crippen molar-refractivity contribution >= 4 is 17.0 Å². The van der Waals surface area contributed by atoms with Crippen molar-refractivity contribution in [2.24, 2.45) is 5.41 Å². The Balaban J connectivity index is 1.29. The van der Waals surface area contributed by atoms with Crippen LogP contribution in [0.5, 0.6) is 0 Å². The molecule has 3 aromatic rings. The van der Waals surface area contributed by atoms with Gasteiger partial charge in [0.05, 0.1) is 23.4 Å². The van der Waals surface area contributed by atoms with Gasteiger partial charge in [0, 0.05) is 35.1 Å². The zero-order valence-electron chi connectivity index (χ0n) is 18.8. The van der Waals surface area contributed by atoms with Crippen LogP contribution in [0, 0.1) is 19.3 Å². The summed E-state index contributed by atoms with van der Waals surface area (Å²) in [6.45, 7) is 11.6. The smallest absolute Gasteiger partial charge is 0.410 e. The highest BCUT2D eigenvalue weighted by molar-refractivity contribution is 5.83. The van der Waals surface area contributed by atoms with Crippen LogP contribution in [0.4, 0.5) is 4.79 Å². The van der Waals surface area contributed by atoms with E-state index in [2.05, 4.69) is 40.9 Å². The minimum absolute atomic E-state index is 0.198. The van der Waals surface area contributed by atoms with Crippen LogP contribution in [0.15, 0.2) is 30.5 Å². The predicted molar refractivity (Wildman–Crippen MR) is 119 cm³/mol. The number of rotatable bonds is 2. The molecule has 0 atom stereocenters. The maximum Gasteiger partial charge on any atom is 0.410 e. The van der Waals surface area contributed by atoms with E-state index in [9.17, 15) is 4.79 Å². The summed E-state index contributed by atoms with van der Waals surface area (Å²) in [4.78, 5) is 14.1. The lowest BCUT2D eigenvalue weighted by molar-refractivity contribution is -0.0930. The van der Waals surface area contributed by atoms with Crippen LogP contribution in [0.25, 0.3) is 22.2 Å². The molecule has 1 amide bonds. The Labute approximate surface area is 182 Å². The second-order valence-electron chi connectivity index (χ2n) is 10.2. The molecule has 1 spiro atoms. The van der Waals surface area contributed by atoms with E-state index < -0.39 is 5.60 Å². The van der Waals surface area contributed by atoms with Gasteiger partial charge in [-0.3, -0.25) is 4.68 Å². The average Bonchev–Trinajstić information content (AvgIpc) is 2.93. The van der Waals surface area contributed by atoms with Crippen LogP contribution in [0.3, 0.4) is 0 Å². The summed E-state index contributed by atoms with van der Waals surface area (Å²) in [6.07, 6.45) is 3.63. The predicted octanol–water partition coefficient (Wildman–Crippen LogP) is 4.68. The van der Waals surface area contributed by atoms with Crippen LogP contribution in [0.2, 0.25) is 0 Å². The molecule has 2 aromatic heterocycles. The third-order valence-corrected chi connectivity index (χ3v) is 6.62. The molecule has 1 aliphatic carbocycles. The van der Waals surface area contributed by atoms with Gasteiger partial charge < -0.3 is 9.64 Å². The van der Waals surface area contributed by atoms with Gasteiger partial charge in [-0.1, -0.05) is 6.07 Å². The molecule has 0 unspecified atom stereocenters. The summed E-state index contributed by atoms with van der Waals surface area (Å²) in [5.41, 5.74) is 5.24. The van der Waals surface area contributed by atoms with Gasteiger partial charge in [0.1, 0.15) is 5.60 Å². The molecule has 1 aliphatic heterocycles. The van der Waals surface area contributed by atoms with Crippen LogP contribution in [-0.2, 0) is 4.74 Å². The fraction of sp³-hybridized carbons (Fsp3) is 0.500. The molecule has 1 aromatic carbocycles. The number of ether oxygens (including phenoxy) is 1. The third kappa shape index (κ3) is 3.46. The fourth-order valence-corrected chi connectivity index (χ4v) is 4.96. The van der Waals surface area contributed by atoms with Crippen molar-refractivity contribution in [3.8, 4) is 11.3 Å². The first-order valence-electron chi connectivity index (χ1n) is 10.9. The first kappa shape index (κ1) is 20.0. The standard InChI is InChI=1S/C24H29N5O2/c1-15-16(2)29(27-21(15)18-6-7-20-17(10-18)8-9-25-26-20)19-11-24(12-19)13-28(14-24)22(30)31-23(3,4)5/h6-10,19H,11-14H2,1-5H3. The first-order valence-corrected chi connectivity index (χ1v) is 10.9. The molecule has 7 nitrogen and oxygen atoms in total. The van der Waals surface area contributed by atoms with Gasteiger partial charge >= 0.3 is 6.09 Å². The van der Waals surface area contributed by atoms with Crippen molar-refractivity contribution in [3.63, 3.8) is 0 Å². The van der Waals surface area contributed by atoms with E-state index in [4.69, 9.17) is 9.84 Å². The SMILES string of the molecule is Cc1c(-c2ccc3nnccc3c2)nn(C2CC3(C2)CN(C(=O)OC(C)(C)C)C3)c1C. The maximum absolute atomic E-state index is 12.3. The molecular formula is C24H29N5O2. The zero-order chi connectivity index (χ0) is 22.0. The Morgan fingerprint density at radius 3 is 2.61 bits per heavy atom. The molecule has 1 saturated carbocycles. The van der Waals surface area contributed by atoms with Crippen molar-refractivity contribution < 1.29 is 9.53 Å². The Bertz CT molecular complexity index is 1160. The maximum atomic E-state index is 12.3. The number of carbonyl (C=O) groups is 1. The van der Waals surface area contributed by atoms with Gasteiger partial charge in [-0.2, -0.15) is 15.3 Å². The number of fused-ring (bicyclic) bond motifs is 1. The second-order valence-corrected chi connectivity index (χ2v) is 10.2. The second kappa shape index (κ2) is 6.77. The van der Waals surface area contributed by atoms with Gasteiger partial charge in [0.15, 0.2) is 0 Å². The van der Waals surface area contributed by atoms with Crippen molar-refractivity contribution in [3.05, 3.63) is 41.7 Å². The monoisotopic (exact) mass is 419 g/mol. The van der Waals surface area contributed by atoms with E-state index in [1.54, 1.807) is 6.20 Å². The van der Waals surface area contributed by atoms with E-state index >= 15 is 0 Å². The Kier molecular flexibility index (Phi) is 4.36. The lowest BCUT2D eigenvalue weighted by atomic mass is 9.61. The molecule has 0 bridgehead atoms. The van der Waals surface area contributed by atoms with E-state index in [0.29, 0.717) is 6.04 Å². The largest absolute Gasteiger partial charge is 0.444 e. The Hall–Kier alpha value is -2.96. The Morgan fingerprint density at radius 2 is 1.90 bits per heavy atom. The van der Waals surface area contributed by atoms with Gasteiger partial charge in [-0.05, 0) is 71.2 Å². The molecule has 7 heteroatoms. The topological polar surface area (TPSA) is 73.1 Å². The normalized spacial score (nSPS) is 18.2. The number of nitrogens with zero attached hydrogens (tertiary/aromatic N) is 5. The molecule has 2 fully saturated rings. The highest BCUT2D eigenvalue weighted by Crippen LogP contribution is 2.54. The summed E-state index contributed by atoms with van der Waals surface area (Å²) < 4.78 is 7.69. The molecule has 3 heterocycles. The summed E-state index contributed by atoms with van der Waals surface area (Å²) in [5, 5.41) is 14.2. The lowest BCUT2D eigenvalue weighted by Crippen LogP contribution is -2.64. The molecule has 31 heavy (non-hydrogen) atoms. The first-order chi connectivity index (χ1) is 14.6. The van der Waals surface area contributed by atoms with Gasteiger partial charge in [-0.15, -0.1) is 0 Å². The number of carbonyl (C=O) groups excluding carboxylic acids is 1. The summed E-state index contributed by atoms with van der Waals surface area (Å²) in [7, 11) is 0. The number of likely N-dealkylation sites (tertiary alicyclic amines) is 1. The summed E-state index contributed by atoms with van der Waals surface area (Å²) in [6, 6.07) is 8.58. The van der Waals surface area contributed by atoms with Gasteiger partial charge in [-0.25, -0.2) is 4.79 Å². The average molecular weight is 420 g/mol. The number of hydrogen-bond donors (Lipinski definition) is 0. The lowest BCUT2D eigenvalue weighted by Gasteiger charge is -2.58. The van der Waals surface area contributed by atoms with Crippen molar-refractivity contribution in [2.45, 2.75) is 59.1 Å². The minimum atomic E-state index is -0.447. The number of aromatic nitrogens is 4. The molecule has 2 aliphatic rings. The Morgan fingerprint density at radius 1 is 1.16 bits per heavy atom. The van der Waals surface area contributed by atoms with E-state index in [0.717, 1.165) is 48.1 Å². The minimum Gasteiger partial charge on any atom is -0.444 e. The van der Waals surface area contributed by atoms with Gasteiger partial charge in [0.25, 0.3) is 0 Å². The van der Waals surface area contributed by atoms with Gasteiger partial charge in [0.2, 0.25) is 0 Å². The fourth-order valence-electron chi connectivity index (χ4n) is 4.96. The van der Waals surface area contributed by atoms with Crippen molar-refractivity contribution in [2.75, 3.05) is 13.1 Å². The molecular weight excluding hydrogens is 390 g/mol. The summed E-state index contributed by atoms with van der Waals surface area (Å²) in [5.74, 6) is 0. The highest BCUT2D eigenvalue weighted by atomic mass is 16.6. The number of amides is 1. The number of hydrogen-bond acceptors (Lipinski definition) is 5. The molecule has 0 N–H and O–H groups in total. The third-order valence-electron chi connectivity index (χ3n) is 6.62. The molecule has 5 rings (SSSR count). The van der Waals surface area contributed by atoms with E-state index in [-0.39, 0.29) is 11.5 Å². The van der Waals surface area contributed by atoms with Crippen LogP contribution >= 0.6 is 0 Å². The van der Waals surface area contributed by atoms with Crippen molar-refractivity contribution in [1.82, 2.24) is 24.9 Å². The van der Waals surface area contributed by atoms with E-state index in [1.807, 2.05) is 37.8 Å². The van der Waals surface area contributed by atoms with Crippen LogP contribution in [0.1, 0.15) is 50.9 Å². The highest BCUT2D eigenvalue weighted by Gasteiger charge is 2.55. The summed E-state index contributed by atoms with van der Waals surface area (Å²) >= 11 is 0. The van der Waals surface area contributed by atoms with Crippen LogP contribution < -0.4 is 0 Å². The van der Waals surface area contributed by atoms with E-state index in [1.165, 1.54) is 11.3 Å². The van der Waals surface area contributed by atoms with Crippen LogP contribution in [-0.4, -0.2) is 49.7 Å². The zero-order valence-corrected chi connectivity index (χ0v) is 18.8. The molecule has 162 valence electrons. The number of benzene rings is 1.